The molecule has 0 bridgehead atoms. The summed E-state index contributed by atoms with van der Waals surface area (Å²) in [5.74, 6) is -0.550. The molecule has 1 aliphatic heterocycles. The van der Waals surface area contributed by atoms with Crippen LogP contribution in [0.5, 0.6) is 11.5 Å². The molecular weight excluding hydrogens is 338 g/mol. The molecule has 1 unspecified atom stereocenters. The van der Waals surface area contributed by atoms with Crippen LogP contribution in [0.1, 0.15) is 32.3 Å². The van der Waals surface area contributed by atoms with Crippen molar-refractivity contribution in [2.75, 3.05) is 33.3 Å². The van der Waals surface area contributed by atoms with Crippen LogP contribution in [0, 0.1) is 16.0 Å². The number of methoxy groups -OCH3 is 1. The van der Waals surface area contributed by atoms with E-state index in [1.54, 1.807) is 6.07 Å². The highest BCUT2D eigenvalue weighted by atomic mass is 16.6. The summed E-state index contributed by atoms with van der Waals surface area (Å²) in [7, 11) is 1.33. The molecule has 1 saturated heterocycles. The number of ether oxygens (including phenoxy) is 1. The standard InChI is InChI=1S/C18H27N3O5/c1-4-20(5-2)18(23)14-7-6-8-19(12-14)11-13-9-15(21(24)25)17(22)16(10-13)26-3/h9-10,14,22H,4-8,11-12H2,1-3H3/t14-/m1/s1. The molecule has 0 spiro atoms. The van der Waals surface area contributed by atoms with Gasteiger partial charge in [-0.05, 0) is 32.8 Å². The summed E-state index contributed by atoms with van der Waals surface area (Å²) in [5.41, 5.74) is 0.214. The Labute approximate surface area is 153 Å². The second-order valence-corrected chi connectivity index (χ2v) is 6.63. The largest absolute Gasteiger partial charge is 0.865 e. The lowest BCUT2D eigenvalue weighted by atomic mass is 9.96. The predicted molar refractivity (Wildman–Crippen MR) is 94.1 cm³/mol. The van der Waals surface area contributed by atoms with Crippen LogP contribution in [0.2, 0.25) is 0 Å². The van der Waals surface area contributed by atoms with Gasteiger partial charge in [-0.3, -0.25) is 14.9 Å². The average molecular weight is 365 g/mol. The number of nitrogens with zero attached hydrogens (tertiary/aromatic N) is 2. The lowest BCUT2D eigenvalue weighted by Gasteiger charge is -2.32. The number of likely N-dealkylation sites (tertiary alicyclic amines) is 1. The van der Waals surface area contributed by atoms with E-state index in [0.717, 1.165) is 19.4 Å². The van der Waals surface area contributed by atoms with Crippen molar-refractivity contribution in [2.45, 2.75) is 33.2 Å². The summed E-state index contributed by atoms with van der Waals surface area (Å²) in [6, 6.07) is 2.89. The first-order valence-electron chi connectivity index (χ1n) is 9.05. The molecule has 1 N–H and O–H groups in total. The van der Waals surface area contributed by atoms with Gasteiger partial charge in [0.05, 0.1) is 31.0 Å². The van der Waals surface area contributed by atoms with E-state index in [1.807, 2.05) is 18.7 Å². The van der Waals surface area contributed by atoms with Gasteiger partial charge in [0.15, 0.2) is 0 Å². The van der Waals surface area contributed by atoms with Crippen LogP contribution < -0.4 is 14.7 Å². The summed E-state index contributed by atoms with van der Waals surface area (Å²) in [6.45, 7) is 7.49. The topological polar surface area (TPSA) is 100 Å². The molecule has 1 heterocycles. The quantitative estimate of drug-likeness (QED) is 0.555. The number of rotatable bonds is 7. The second-order valence-electron chi connectivity index (χ2n) is 6.63. The monoisotopic (exact) mass is 365 g/mol. The van der Waals surface area contributed by atoms with Gasteiger partial charge in [-0.2, -0.15) is 0 Å². The van der Waals surface area contributed by atoms with Gasteiger partial charge in [0.25, 0.3) is 5.69 Å². The third-order valence-corrected chi connectivity index (χ3v) is 5.01. The Morgan fingerprint density at radius 1 is 1.38 bits per heavy atom. The number of carbonyl (C=O) groups is 1. The van der Waals surface area contributed by atoms with E-state index >= 15 is 0 Å². The number of hydrogen-bond acceptors (Lipinski definition) is 5. The van der Waals surface area contributed by atoms with Crippen LogP contribution in [0.3, 0.4) is 0 Å². The number of benzene rings is 1. The molecule has 1 fully saturated rings. The van der Waals surface area contributed by atoms with E-state index in [9.17, 15) is 20.0 Å². The molecule has 0 aliphatic carbocycles. The Kier molecular flexibility index (Phi) is 6.79. The van der Waals surface area contributed by atoms with Gasteiger partial charge in [0.1, 0.15) is 12.3 Å². The average Bonchev–Trinajstić information content (AvgIpc) is 2.63. The van der Waals surface area contributed by atoms with Gasteiger partial charge >= 0.3 is 0 Å². The van der Waals surface area contributed by atoms with Crippen molar-refractivity contribution in [1.82, 2.24) is 4.90 Å². The third-order valence-electron chi connectivity index (χ3n) is 5.01. The number of hydrogen-bond donors (Lipinski definition) is 1. The summed E-state index contributed by atoms with van der Waals surface area (Å²) >= 11 is 0. The maximum absolute atomic E-state index is 12.6. The van der Waals surface area contributed by atoms with Crippen molar-refractivity contribution in [2.24, 2.45) is 5.92 Å². The van der Waals surface area contributed by atoms with Crippen molar-refractivity contribution in [3.05, 3.63) is 27.8 Å². The molecular formula is C18H27N3O5. The summed E-state index contributed by atoms with van der Waals surface area (Å²) in [4.78, 5) is 26.1. The maximum atomic E-state index is 12.6. The minimum Gasteiger partial charge on any atom is -0.865 e. The Balaban J connectivity index is 2.14. The Morgan fingerprint density at radius 2 is 2.08 bits per heavy atom. The Bertz CT molecular complexity index is 660. The number of amides is 1. The number of piperidine rings is 1. The molecule has 0 aromatic heterocycles. The molecule has 2 rings (SSSR count). The van der Waals surface area contributed by atoms with E-state index in [0.29, 0.717) is 31.7 Å². The molecule has 0 saturated carbocycles. The molecule has 8 heteroatoms. The first-order valence-corrected chi connectivity index (χ1v) is 9.05. The molecule has 0 radical (unpaired) electrons. The van der Waals surface area contributed by atoms with E-state index in [1.165, 1.54) is 18.1 Å². The van der Waals surface area contributed by atoms with Crippen LogP contribution in [0.15, 0.2) is 12.1 Å². The van der Waals surface area contributed by atoms with Crippen molar-refractivity contribution < 1.29 is 24.5 Å². The Hall–Kier alpha value is -2.35. The number of nitrogens with one attached hydrogen (secondary N) is 1. The summed E-state index contributed by atoms with van der Waals surface area (Å²) in [5, 5.41) is 23.1. The van der Waals surface area contributed by atoms with E-state index < -0.39 is 16.4 Å². The van der Waals surface area contributed by atoms with Crippen LogP contribution in [-0.2, 0) is 11.3 Å². The molecule has 144 valence electrons. The minimum atomic E-state index is -0.704. The lowest BCUT2D eigenvalue weighted by molar-refractivity contribution is -0.921. The van der Waals surface area contributed by atoms with Crippen LogP contribution >= 0.6 is 0 Å². The normalized spacial score (nSPS) is 19.8. The molecule has 8 nitrogen and oxygen atoms in total. The van der Waals surface area contributed by atoms with E-state index in [2.05, 4.69) is 0 Å². The smallest absolute Gasteiger partial charge is 0.265 e. The van der Waals surface area contributed by atoms with Gasteiger partial charge in [0.2, 0.25) is 5.91 Å². The lowest BCUT2D eigenvalue weighted by Crippen LogP contribution is -3.12. The zero-order valence-electron chi connectivity index (χ0n) is 15.6. The van der Waals surface area contributed by atoms with E-state index in [4.69, 9.17) is 4.74 Å². The van der Waals surface area contributed by atoms with Crippen molar-refractivity contribution >= 4 is 11.6 Å². The van der Waals surface area contributed by atoms with Crippen LogP contribution in [-0.4, -0.2) is 49.0 Å². The van der Waals surface area contributed by atoms with Gasteiger partial charge < -0.3 is 19.6 Å². The molecule has 1 aromatic carbocycles. The van der Waals surface area contributed by atoms with Crippen molar-refractivity contribution in [3.8, 4) is 11.5 Å². The number of nitro benzene ring substituents is 1. The second kappa shape index (κ2) is 8.84. The minimum absolute atomic E-state index is 0.0126. The van der Waals surface area contributed by atoms with Gasteiger partial charge in [0, 0.05) is 30.5 Å². The van der Waals surface area contributed by atoms with Gasteiger partial charge in [-0.15, -0.1) is 0 Å². The zero-order valence-corrected chi connectivity index (χ0v) is 15.6. The van der Waals surface area contributed by atoms with Crippen LogP contribution in [0.4, 0.5) is 5.69 Å². The number of carbonyl (C=O) groups excluding carboxylic acids is 1. The first kappa shape index (κ1) is 20.0. The first-order chi connectivity index (χ1) is 12.4. The number of nitro groups is 1. The van der Waals surface area contributed by atoms with Crippen molar-refractivity contribution in [3.63, 3.8) is 0 Å². The highest BCUT2D eigenvalue weighted by Crippen LogP contribution is 2.34. The highest BCUT2D eigenvalue weighted by molar-refractivity contribution is 5.78. The Morgan fingerprint density at radius 3 is 2.65 bits per heavy atom. The third kappa shape index (κ3) is 4.43. The molecule has 1 aromatic rings. The molecule has 2 atom stereocenters. The highest BCUT2D eigenvalue weighted by Gasteiger charge is 2.31. The zero-order chi connectivity index (χ0) is 19.3. The summed E-state index contributed by atoms with van der Waals surface area (Å²) in [6.07, 6.45) is 1.81. The number of quaternary nitrogens is 1. The van der Waals surface area contributed by atoms with Crippen LogP contribution in [0.25, 0.3) is 0 Å². The van der Waals surface area contributed by atoms with Gasteiger partial charge in [-0.1, -0.05) is 0 Å². The fourth-order valence-corrected chi connectivity index (χ4v) is 3.64. The molecule has 1 aliphatic rings. The molecule has 1 amide bonds. The fraction of sp³-hybridized carbons (Fsp3) is 0.611. The SMILES string of the molecule is CCN(CC)C(=O)[C@@H]1CCC[NH+](Cc2cc(OC)c([O-])c([N+](=O)[O-])c2)C1. The predicted octanol–water partition coefficient (Wildman–Crippen LogP) is 0.340. The summed E-state index contributed by atoms with van der Waals surface area (Å²) < 4.78 is 5.00. The molecule has 26 heavy (non-hydrogen) atoms. The maximum Gasteiger partial charge on any atom is 0.265 e. The van der Waals surface area contributed by atoms with Gasteiger partial charge in [-0.25, -0.2) is 0 Å². The van der Waals surface area contributed by atoms with E-state index in [-0.39, 0.29) is 17.6 Å². The fourth-order valence-electron chi connectivity index (χ4n) is 3.64. The van der Waals surface area contributed by atoms with Crippen molar-refractivity contribution in [1.29, 1.82) is 0 Å².